The van der Waals surface area contributed by atoms with E-state index in [2.05, 4.69) is 0 Å². The molecule has 4 rings (SSSR count). The Balaban J connectivity index is 2.29. The molecule has 4 heteroatoms. The zero-order valence-corrected chi connectivity index (χ0v) is 11.4. The molecule has 0 fully saturated rings. The molecule has 0 aliphatic heterocycles. The average molecular weight is 292 g/mol. The van der Waals surface area contributed by atoms with E-state index in [-0.39, 0.29) is 11.1 Å². The first-order valence-electron chi connectivity index (χ1n) is 6.78. The van der Waals surface area contributed by atoms with E-state index in [4.69, 9.17) is 0 Å². The molecule has 108 valence electrons. The Morgan fingerprint density at radius 2 is 1.23 bits per heavy atom. The van der Waals surface area contributed by atoms with Gasteiger partial charge in [-0.3, -0.25) is 0 Å². The number of phenols is 4. The van der Waals surface area contributed by atoms with Gasteiger partial charge in [-0.15, -0.1) is 0 Å². The van der Waals surface area contributed by atoms with Gasteiger partial charge in [0.1, 0.15) is 5.75 Å². The topological polar surface area (TPSA) is 80.9 Å². The van der Waals surface area contributed by atoms with Crippen molar-refractivity contribution in [2.45, 2.75) is 0 Å². The molecule has 0 aromatic heterocycles. The summed E-state index contributed by atoms with van der Waals surface area (Å²) in [7, 11) is 0. The summed E-state index contributed by atoms with van der Waals surface area (Å²) in [6.45, 7) is 0. The molecule has 0 radical (unpaired) electrons. The molecule has 0 bridgehead atoms. The molecular weight excluding hydrogens is 280 g/mol. The third-order valence-corrected chi connectivity index (χ3v) is 4.01. The van der Waals surface area contributed by atoms with Gasteiger partial charge in [0.2, 0.25) is 5.75 Å². The second kappa shape index (κ2) is 4.18. The third kappa shape index (κ3) is 1.58. The molecule has 0 aliphatic carbocycles. The number of fused-ring (bicyclic) bond motifs is 4. The largest absolute Gasteiger partial charge is 0.507 e. The summed E-state index contributed by atoms with van der Waals surface area (Å²) < 4.78 is 0. The van der Waals surface area contributed by atoms with Crippen LogP contribution in [0.15, 0.2) is 48.5 Å². The smallest absolute Gasteiger partial charge is 0.201 e. The van der Waals surface area contributed by atoms with Crippen LogP contribution >= 0.6 is 0 Å². The Hall–Kier alpha value is -3.14. The van der Waals surface area contributed by atoms with Crippen LogP contribution in [-0.2, 0) is 0 Å². The normalized spacial score (nSPS) is 11.5. The number of phenolic OH excluding ortho intramolecular Hbond substituents is 4. The lowest BCUT2D eigenvalue weighted by molar-refractivity contribution is 0.370. The maximum Gasteiger partial charge on any atom is 0.201 e. The molecule has 0 saturated heterocycles. The first-order valence-corrected chi connectivity index (χ1v) is 6.78. The fraction of sp³-hybridized carbons (Fsp3) is 0. The van der Waals surface area contributed by atoms with Gasteiger partial charge in [-0.1, -0.05) is 24.3 Å². The molecule has 0 spiro atoms. The molecule has 4 nitrogen and oxygen atoms in total. The zero-order valence-electron chi connectivity index (χ0n) is 11.4. The highest BCUT2D eigenvalue weighted by Crippen LogP contribution is 2.47. The first kappa shape index (κ1) is 12.6. The Morgan fingerprint density at radius 1 is 0.545 bits per heavy atom. The van der Waals surface area contributed by atoms with Crippen molar-refractivity contribution >= 4 is 32.3 Å². The molecule has 0 heterocycles. The van der Waals surface area contributed by atoms with Crippen LogP contribution in [0.3, 0.4) is 0 Å². The molecule has 4 N–H and O–H groups in total. The van der Waals surface area contributed by atoms with Crippen LogP contribution in [0, 0.1) is 0 Å². The van der Waals surface area contributed by atoms with E-state index in [0.29, 0.717) is 5.39 Å². The third-order valence-electron chi connectivity index (χ3n) is 4.01. The van der Waals surface area contributed by atoms with E-state index in [0.717, 1.165) is 21.5 Å². The summed E-state index contributed by atoms with van der Waals surface area (Å²) in [6.07, 6.45) is 0. The van der Waals surface area contributed by atoms with E-state index in [9.17, 15) is 20.4 Å². The van der Waals surface area contributed by atoms with E-state index >= 15 is 0 Å². The van der Waals surface area contributed by atoms with Crippen molar-refractivity contribution in [1.29, 1.82) is 0 Å². The minimum absolute atomic E-state index is 0.123. The van der Waals surface area contributed by atoms with Crippen molar-refractivity contribution in [3.8, 4) is 23.0 Å². The predicted molar refractivity (Wildman–Crippen MR) is 85.6 cm³/mol. The minimum atomic E-state index is -0.636. The number of rotatable bonds is 0. The summed E-state index contributed by atoms with van der Waals surface area (Å²) in [5, 5.41) is 43.8. The summed E-state index contributed by atoms with van der Waals surface area (Å²) >= 11 is 0. The van der Waals surface area contributed by atoms with Crippen molar-refractivity contribution in [2.24, 2.45) is 0 Å². The standard InChI is InChI=1S/C18H12O4/c19-14-7-11-5-9-3-1-2-4-10(9)6-12(11)13-8-15(20)17(21)18(22)16(13)14/h1-8,19-22H. The second-order valence-electron chi connectivity index (χ2n) is 5.33. The lowest BCUT2D eigenvalue weighted by atomic mass is 9.96. The van der Waals surface area contributed by atoms with Crippen molar-refractivity contribution in [2.75, 3.05) is 0 Å². The van der Waals surface area contributed by atoms with Crippen LogP contribution in [0.1, 0.15) is 0 Å². The van der Waals surface area contributed by atoms with Gasteiger partial charge in [-0.25, -0.2) is 0 Å². The van der Waals surface area contributed by atoms with Crippen LogP contribution in [0.2, 0.25) is 0 Å². The van der Waals surface area contributed by atoms with E-state index < -0.39 is 17.2 Å². The molecule has 4 aromatic rings. The highest BCUT2D eigenvalue weighted by atomic mass is 16.3. The SMILES string of the molecule is Oc1cc2c(c(O)cc3cc4ccccc4cc32)c(O)c1O. The summed E-state index contributed by atoms with van der Waals surface area (Å²) in [5.41, 5.74) is 0. The van der Waals surface area contributed by atoms with Crippen molar-refractivity contribution in [3.63, 3.8) is 0 Å². The van der Waals surface area contributed by atoms with Crippen LogP contribution in [0.25, 0.3) is 32.3 Å². The van der Waals surface area contributed by atoms with Gasteiger partial charge < -0.3 is 20.4 Å². The summed E-state index contributed by atoms with van der Waals surface area (Å²) in [5.74, 6) is -1.74. The van der Waals surface area contributed by atoms with Crippen LogP contribution in [-0.4, -0.2) is 20.4 Å². The number of hydrogen-bond acceptors (Lipinski definition) is 4. The van der Waals surface area contributed by atoms with E-state index in [1.165, 1.54) is 6.07 Å². The van der Waals surface area contributed by atoms with Gasteiger partial charge in [-0.2, -0.15) is 0 Å². The Morgan fingerprint density at radius 3 is 1.95 bits per heavy atom. The van der Waals surface area contributed by atoms with Gasteiger partial charge in [0.25, 0.3) is 0 Å². The molecule has 0 unspecified atom stereocenters. The van der Waals surface area contributed by atoms with Gasteiger partial charge in [-0.05, 0) is 45.8 Å². The fourth-order valence-electron chi connectivity index (χ4n) is 2.95. The van der Waals surface area contributed by atoms with E-state index in [1.807, 2.05) is 36.4 Å². The van der Waals surface area contributed by atoms with Crippen molar-refractivity contribution in [3.05, 3.63) is 48.5 Å². The van der Waals surface area contributed by atoms with Crippen molar-refractivity contribution in [1.82, 2.24) is 0 Å². The molecular formula is C18H12O4. The lowest BCUT2D eigenvalue weighted by Crippen LogP contribution is -1.83. The van der Waals surface area contributed by atoms with Gasteiger partial charge in [0.15, 0.2) is 11.5 Å². The molecule has 0 saturated carbocycles. The van der Waals surface area contributed by atoms with Crippen LogP contribution in [0.4, 0.5) is 0 Å². The highest BCUT2D eigenvalue weighted by Gasteiger charge is 2.17. The maximum atomic E-state index is 10.2. The first-order chi connectivity index (χ1) is 10.6. The van der Waals surface area contributed by atoms with E-state index in [1.54, 1.807) is 6.07 Å². The number of benzene rings is 4. The Labute approximate surface area is 125 Å². The molecule has 0 atom stereocenters. The lowest BCUT2D eigenvalue weighted by Gasteiger charge is -2.11. The van der Waals surface area contributed by atoms with Crippen LogP contribution < -0.4 is 0 Å². The quantitative estimate of drug-likeness (QED) is 0.224. The monoisotopic (exact) mass is 292 g/mol. The van der Waals surface area contributed by atoms with Crippen LogP contribution in [0.5, 0.6) is 23.0 Å². The molecule has 22 heavy (non-hydrogen) atoms. The highest BCUT2D eigenvalue weighted by molar-refractivity contribution is 6.16. The van der Waals surface area contributed by atoms with Gasteiger partial charge in [0, 0.05) is 5.39 Å². The van der Waals surface area contributed by atoms with Gasteiger partial charge >= 0.3 is 0 Å². The Bertz CT molecular complexity index is 1070. The predicted octanol–water partition coefficient (Wildman–Crippen LogP) is 3.97. The fourth-order valence-corrected chi connectivity index (χ4v) is 2.95. The zero-order chi connectivity index (χ0) is 15.4. The second-order valence-corrected chi connectivity index (χ2v) is 5.33. The maximum absolute atomic E-state index is 10.2. The Kier molecular flexibility index (Phi) is 2.39. The van der Waals surface area contributed by atoms with Gasteiger partial charge in [0.05, 0.1) is 5.39 Å². The minimum Gasteiger partial charge on any atom is -0.507 e. The van der Waals surface area contributed by atoms with Crippen molar-refractivity contribution < 1.29 is 20.4 Å². The number of aromatic hydroxyl groups is 4. The summed E-state index contributed by atoms with van der Waals surface area (Å²) in [4.78, 5) is 0. The average Bonchev–Trinajstić information content (AvgIpc) is 2.51. The number of hydrogen-bond donors (Lipinski definition) is 4. The summed E-state index contributed by atoms with van der Waals surface area (Å²) in [6, 6.07) is 14.6. The molecule has 0 amide bonds. The molecule has 4 aromatic carbocycles. The molecule has 0 aliphatic rings.